The van der Waals surface area contributed by atoms with Gasteiger partial charge < -0.3 is 0 Å². The minimum absolute atomic E-state index is 0.165. The Hall–Kier alpha value is -1.94. The highest BCUT2D eigenvalue weighted by Crippen LogP contribution is 2.24. The number of hydrogen-bond donors (Lipinski definition) is 0. The van der Waals surface area contributed by atoms with Crippen LogP contribution in [0.3, 0.4) is 0 Å². The number of thioether (sulfide) groups is 1. The number of aliphatic imine (C=N–C) groups is 1. The van der Waals surface area contributed by atoms with E-state index in [2.05, 4.69) is 9.98 Å². The Morgan fingerprint density at radius 3 is 3.00 bits per heavy atom. The minimum Gasteiger partial charge on any atom is -0.266 e. The molecule has 1 aromatic heterocycles. The maximum atomic E-state index is 11.3. The van der Waals surface area contributed by atoms with Crippen LogP contribution in [0.4, 0.5) is 0 Å². The summed E-state index contributed by atoms with van der Waals surface area (Å²) in [6.07, 6.45) is 3.62. The number of hydrogen-bond acceptors (Lipinski definition) is 3. The van der Waals surface area contributed by atoms with Crippen molar-refractivity contribution in [2.45, 2.75) is 0 Å². The van der Waals surface area contributed by atoms with Gasteiger partial charge in [0.2, 0.25) is 0 Å². The number of carbonyl (C=O) groups is 1. The molecular formula is C13H8N2OS. The quantitative estimate of drug-likeness (QED) is 0.720. The molecule has 4 heteroatoms. The highest BCUT2D eigenvalue weighted by molar-refractivity contribution is 8.16. The lowest BCUT2D eigenvalue weighted by molar-refractivity contribution is -0.113. The highest BCUT2D eigenvalue weighted by Gasteiger charge is 2.13. The van der Waals surface area contributed by atoms with Crippen LogP contribution in [0.5, 0.6) is 0 Å². The molecule has 82 valence electrons. The van der Waals surface area contributed by atoms with E-state index in [4.69, 9.17) is 0 Å². The SMILES string of the molecule is O=C1N=CS/C1=C\c1ccc2ncccc2c1. The molecule has 0 fully saturated rings. The summed E-state index contributed by atoms with van der Waals surface area (Å²) in [6, 6.07) is 9.82. The fourth-order valence-electron chi connectivity index (χ4n) is 1.68. The molecule has 0 aliphatic carbocycles. The van der Waals surface area contributed by atoms with E-state index < -0.39 is 0 Å². The number of fused-ring (bicyclic) bond motifs is 1. The van der Waals surface area contributed by atoms with Crippen molar-refractivity contribution in [3.63, 3.8) is 0 Å². The van der Waals surface area contributed by atoms with Gasteiger partial charge in [0, 0.05) is 11.6 Å². The van der Waals surface area contributed by atoms with Crippen LogP contribution in [0, 0.1) is 0 Å². The first-order chi connectivity index (χ1) is 8.33. The molecule has 0 N–H and O–H groups in total. The Balaban J connectivity index is 2.04. The van der Waals surface area contributed by atoms with Crippen LogP contribution < -0.4 is 0 Å². The summed E-state index contributed by atoms with van der Waals surface area (Å²) in [5.74, 6) is -0.165. The van der Waals surface area contributed by atoms with Crippen molar-refractivity contribution in [3.8, 4) is 0 Å². The largest absolute Gasteiger partial charge is 0.284 e. The number of aromatic nitrogens is 1. The maximum absolute atomic E-state index is 11.3. The zero-order valence-corrected chi connectivity index (χ0v) is 9.65. The average Bonchev–Trinajstić information content (AvgIpc) is 2.75. The molecule has 0 atom stereocenters. The summed E-state index contributed by atoms with van der Waals surface area (Å²) >= 11 is 1.35. The van der Waals surface area contributed by atoms with Crippen molar-refractivity contribution in [2.75, 3.05) is 0 Å². The van der Waals surface area contributed by atoms with E-state index in [9.17, 15) is 4.79 Å². The fraction of sp³-hybridized carbons (Fsp3) is 0. The molecule has 1 aromatic carbocycles. The van der Waals surface area contributed by atoms with Gasteiger partial charge in [0.25, 0.3) is 5.91 Å². The van der Waals surface area contributed by atoms with Gasteiger partial charge >= 0.3 is 0 Å². The molecule has 2 heterocycles. The first kappa shape index (κ1) is 10.2. The third-order valence-electron chi connectivity index (χ3n) is 2.49. The number of benzene rings is 1. The minimum atomic E-state index is -0.165. The zero-order valence-electron chi connectivity index (χ0n) is 8.83. The van der Waals surface area contributed by atoms with Crippen molar-refractivity contribution >= 4 is 40.2 Å². The lowest BCUT2D eigenvalue weighted by Crippen LogP contribution is -1.88. The second-order valence-electron chi connectivity index (χ2n) is 3.62. The maximum Gasteiger partial charge on any atom is 0.284 e. The Bertz CT molecular complexity index is 661. The molecule has 3 rings (SSSR count). The standard InChI is InChI=1S/C13H8N2OS/c16-13-12(17-8-15-13)7-9-3-4-11-10(6-9)2-1-5-14-11/h1-8H/b12-7-. The molecule has 0 spiro atoms. The molecular weight excluding hydrogens is 232 g/mol. The van der Waals surface area contributed by atoms with Crippen molar-refractivity contribution < 1.29 is 4.79 Å². The zero-order chi connectivity index (χ0) is 11.7. The number of rotatable bonds is 1. The van der Waals surface area contributed by atoms with E-state index in [1.807, 2.05) is 36.4 Å². The summed E-state index contributed by atoms with van der Waals surface area (Å²) < 4.78 is 0. The number of amides is 1. The van der Waals surface area contributed by atoms with Crippen molar-refractivity contribution in [1.29, 1.82) is 0 Å². The molecule has 0 saturated heterocycles. The smallest absolute Gasteiger partial charge is 0.266 e. The van der Waals surface area contributed by atoms with E-state index in [0.29, 0.717) is 4.91 Å². The normalized spacial score (nSPS) is 17.2. The first-order valence-corrected chi connectivity index (χ1v) is 6.01. The molecule has 0 bridgehead atoms. The van der Waals surface area contributed by atoms with E-state index in [-0.39, 0.29) is 5.91 Å². The van der Waals surface area contributed by atoms with Gasteiger partial charge in [-0.25, -0.2) is 4.99 Å². The van der Waals surface area contributed by atoms with E-state index in [1.165, 1.54) is 11.8 Å². The van der Waals surface area contributed by atoms with E-state index >= 15 is 0 Å². The number of carbonyl (C=O) groups excluding carboxylic acids is 1. The van der Waals surface area contributed by atoms with E-state index in [0.717, 1.165) is 16.5 Å². The van der Waals surface area contributed by atoms with Crippen LogP contribution in [0.1, 0.15) is 5.56 Å². The van der Waals surface area contributed by atoms with Gasteiger partial charge in [-0.15, -0.1) is 0 Å². The predicted octanol–water partition coefficient (Wildman–Crippen LogP) is 2.88. The topological polar surface area (TPSA) is 42.3 Å². The van der Waals surface area contributed by atoms with Gasteiger partial charge in [0.1, 0.15) is 0 Å². The summed E-state index contributed by atoms with van der Waals surface area (Å²) in [7, 11) is 0. The van der Waals surface area contributed by atoms with Gasteiger partial charge in [0.05, 0.1) is 16.0 Å². The van der Waals surface area contributed by atoms with Crippen molar-refractivity contribution in [3.05, 3.63) is 47.0 Å². The highest BCUT2D eigenvalue weighted by atomic mass is 32.2. The van der Waals surface area contributed by atoms with Gasteiger partial charge in [-0.2, -0.15) is 0 Å². The van der Waals surface area contributed by atoms with Crippen LogP contribution in [0.2, 0.25) is 0 Å². The fourth-order valence-corrected chi connectivity index (χ4v) is 2.30. The molecule has 0 unspecified atom stereocenters. The summed E-state index contributed by atoms with van der Waals surface area (Å²) in [5, 5.41) is 1.07. The second-order valence-corrected chi connectivity index (χ2v) is 4.51. The molecule has 1 amide bonds. The van der Waals surface area contributed by atoms with E-state index in [1.54, 1.807) is 11.7 Å². The van der Waals surface area contributed by atoms with Gasteiger partial charge in [-0.3, -0.25) is 9.78 Å². The molecule has 17 heavy (non-hydrogen) atoms. The molecule has 2 aromatic rings. The number of pyridine rings is 1. The van der Waals surface area contributed by atoms with Crippen molar-refractivity contribution in [2.24, 2.45) is 4.99 Å². The van der Waals surface area contributed by atoms with Gasteiger partial charge in [0.15, 0.2) is 0 Å². The monoisotopic (exact) mass is 240 g/mol. The summed E-state index contributed by atoms with van der Waals surface area (Å²) in [6.45, 7) is 0. The van der Waals surface area contributed by atoms with Crippen LogP contribution in [0.15, 0.2) is 46.4 Å². The molecule has 3 nitrogen and oxygen atoms in total. The Labute approximate surface area is 102 Å². The second kappa shape index (κ2) is 4.14. The lowest BCUT2D eigenvalue weighted by atomic mass is 10.1. The summed E-state index contributed by atoms with van der Waals surface area (Å²) in [5.41, 5.74) is 3.51. The Morgan fingerprint density at radius 1 is 1.24 bits per heavy atom. The van der Waals surface area contributed by atoms with Gasteiger partial charge in [-0.05, 0) is 29.8 Å². The van der Waals surface area contributed by atoms with Crippen LogP contribution in [-0.4, -0.2) is 16.4 Å². The molecule has 1 aliphatic heterocycles. The van der Waals surface area contributed by atoms with Gasteiger partial charge in [-0.1, -0.05) is 23.9 Å². The summed E-state index contributed by atoms with van der Waals surface area (Å²) in [4.78, 5) is 19.9. The molecule has 1 aliphatic rings. The molecule has 0 radical (unpaired) electrons. The number of nitrogens with zero attached hydrogens (tertiary/aromatic N) is 2. The Morgan fingerprint density at radius 2 is 2.18 bits per heavy atom. The Kier molecular flexibility index (Phi) is 2.49. The van der Waals surface area contributed by atoms with Crippen LogP contribution >= 0.6 is 11.8 Å². The predicted molar refractivity (Wildman–Crippen MR) is 70.8 cm³/mol. The first-order valence-electron chi connectivity index (χ1n) is 5.13. The van der Waals surface area contributed by atoms with Crippen LogP contribution in [0.25, 0.3) is 17.0 Å². The average molecular weight is 240 g/mol. The molecule has 0 saturated carbocycles. The third-order valence-corrected chi connectivity index (χ3v) is 3.24. The van der Waals surface area contributed by atoms with Crippen molar-refractivity contribution in [1.82, 2.24) is 4.98 Å². The third kappa shape index (κ3) is 1.99. The van der Waals surface area contributed by atoms with Crippen LogP contribution in [-0.2, 0) is 4.79 Å². The lowest BCUT2D eigenvalue weighted by Gasteiger charge is -1.99.